The summed E-state index contributed by atoms with van der Waals surface area (Å²) in [6.07, 6.45) is 2.21. The number of aryl methyl sites for hydroxylation is 1. The van der Waals surface area contributed by atoms with Crippen LogP contribution in [0.2, 0.25) is 0 Å². The van der Waals surface area contributed by atoms with Gasteiger partial charge in [0.1, 0.15) is 17.1 Å². The van der Waals surface area contributed by atoms with Gasteiger partial charge in [-0.05, 0) is 30.3 Å². The van der Waals surface area contributed by atoms with Crippen LogP contribution in [-0.4, -0.2) is 22.1 Å². The maximum absolute atomic E-state index is 11.7. The number of rotatable bonds is 5. The molecule has 104 valence electrons. The molecule has 0 spiro atoms. The van der Waals surface area contributed by atoms with Crippen molar-refractivity contribution in [2.24, 2.45) is 0 Å². The number of aromatic hydroxyl groups is 1. The van der Waals surface area contributed by atoms with Crippen molar-refractivity contribution in [3.63, 3.8) is 0 Å². The van der Waals surface area contributed by atoms with Crippen LogP contribution < -0.4 is 5.32 Å². The highest BCUT2D eigenvalue weighted by atomic mass is 16.4. The largest absolute Gasteiger partial charge is 0.507 e. The lowest BCUT2D eigenvalue weighted by Gasteiger charge is -2.06. The first-order valence-electron chi connectivity index (χ1n) is 5.95. The molecule has 0 bridgehead atoms. The number of carbonyl (C=O) groups excluding carboxylic acids is 1. The summed E-state index contributed by atoms with van der Waals surface area (Å²) in [6, 6.07) is 7.39. The van der Waals surface area contributed by atoms with Crippen molar-refractivity contribution in [2.75, 3.05) is 5.32 Å². The molecule has 1 aromatic heterocycles. The lowest BCUT2D eigenvalue weighted by molar-refractivity contribution is -0.116. The lowest BCUT2D eigenvalue weighted by Crippen LogP contribution is -2.12. The van der Waals surface area contributed by atoms with E-state index in [1.54, 1.807) is 12.1 Å². The highest BCUT2D eigenvalue weighted by Crippen LogP contribution is 2.21. The number of carboxylic acids is 1. The molecule has 6 heteroatoms. The van der Waals surface area contributed by atoms with Crippen molar-refractivity contribution in [1.29, 1.82) is 0 Å². The summed E-state index contributed by atoms with van der Waals surface area (Å²) >= 11 is 0. The maximum atomic E-state index is 11.7. The molecule has 0 saturated carbocycles. The lowest BCUT2D eigenvalue weighted by atomic mass is 10.1. The first-order valence-corrected chi connectivity index (χ1v) is 5.95. The minimum atomic E-state index is -1.26. The molecular formula is C14H13NO5. The second-order valence-electron chi connectivity index (χ2n) is 4.16. The monoisotopic (exact) mass is 275 g/mol. The molecule has 3 N–H and O–H groups in total. The smallest absolute Gasteiger partial charge is 0.339 e. The molecule has 0 aliphatic heterocycles. The van der Waals surface area contributed by atoms with E-state index in [0.29, 0.717) is 17.9 Å². The summed E-state index contributed by atoms with van der Waals surface area (Å²) in [4.78, 5) is 22.6. The predicted molar refractivity (Wildman–Crippen MR) is 70.7 cm³/mol. The number of benzene rings is 1. The zero-order valence-electron chi connectivity index (χ0n) is 10.5. The second-order valence-corrected chi connectivity index (χ2v) is 4.16. The van der Waals surface area contributed by atoms with Gasteiger partial charge in [-0.3, -0.25) is 4.79 Å². The summed E-state index contributed by atoms with van der Waals surface area (Å²) < 4.78 is 5.11. The molecule has 0 fully saturated rings. The van der Waals surface area contributed by atoms with Gasteiger partial charge in [0.15, 0.2) is 0 Å². The van der Waals surface area contributed by atoms with Crippen LogP contribution in [0.1, 0.15) is 22.5 Å². The average molecular weight is 275 g/mol. The molecule has 0 radical (unpaired) electrons. The number of anilines is 1. The summed E-state index contributed by atoms with van der Waals surface area (Å²) in [5, 5.41) is 20.8. The van der Waals surface area contributed by atoms with E-state index in [4.69, 9.17) is 9.52 Å². The Morgan fingerprint density at radius 2 is 2.05 bits per heavy atom. The van der Waals surface area contributed by atoms with E-state index in [2.05, 4.69) is 5.32 Å². The van der Waals surface area contributed by atoms with Crippen molar-refractivity contribution in [1.82, 2.24) is 0 Å². The van der Waals surface area contributed by atoms with Crippen LogP contribution in [0.15, 0.2) is 41.0 Å². The number of carbonyl (C=O) groups is 2. The van der Waals surface area contributed by atoms with E-state index in [9.17, 15) is 14.7 Å². The highest BCUT2D eigenvalue weighted by molar-refractivity contribution is 5.95. The molecule has 1 heterocycles. The zero-order valence-corrected chi connectivity index (χ0v) is 10.5. The molecule has 20 heavy (non-hydrogen) atoms. The second kappa shape index (κ2) is 5.92. The molecule has 0 saturated heterocycles. The van der Waals surface area contributed by atoms with Gasteiger partial charge in [-0.25, -0.2) is 4.79 Å². The number of nitrogens with one attached hydrogen (secondary N) is 1. The number of hydrogen-bond donors (Lipinski definition) is 3. The van der Waals surface area contributed by atoms with E-state index < -0.39 is 5.97 Å². The van der Waals surface area contributed by atoms with Crippen LogP contribution >= 0.6 is 0 Å². The molecule has 6 nitrogen and oxygen atoms in total. The first kappa shape index (κ1) is 13.7. The number of furan rings is 1. The van der Waals surface area contributed by atoms with Crippen molar-refractivity contribution < 1.29 is 24.2 Å². The minimum absolute atomic E-state index is 0.219. The van der Waals surface area contributed by atoms with E-state index in [1.165, 1.54) is 24.5 Å². The summed E-state index contributed by atoms with van der Waals surface area (Å²) in [5.41, 5.74) is 0.0680. The van der Waals surface area contributed by atoms with Crippen molar-refractivity contribution >= 4 is 17.6 Å². The summed E-state index contributed by atoms with van der Waals surface area (Å²) in [5.74, 6) is -1.15. The molecule has 0 aliphatic carbocycles. The Bertz CT molecular complexity index is 618. The van der Waals surface area contributed by atoms with Gasteiger partial charge in [0, 0.05) is 18.5 Å². The Hall–Kier alpha value is -2.76. The fraction of sp³-hybridized carbons (Fsp3) is 0.143. The van der Waals surface area contributed by atoms with E-state index in [-0.39, 0.29) is 23.6 Å². The van der Waals surface area contributed by atoms with E-state index >= 15 is 0 Å². The van der Waals surface area contributed by atoms with Gasteiger partial charge >= 0.3 is 5.97 Å². The van der Waals surface area contributed by atoms with Crippen LogP contribution in [0, 0.1) is 0 Å². The molecule has 2 rings (SSSR count). The number of phenols is 1. The van der Waals surface area contributed by atoms with Gasteiger partial charge in [0.2, 0.25) is 5.91 Å². The number of hydrogen-bond acceptors (Lipinski definition) is 4. The van der Waals surface area contributed by atoms with E-state index in [0.717, 1.165) is 0 Å². The Balaban J connectivity index is 1.97. The molecular weight excluding hydrogens is 262 g/mol. The Labute approximate surface area is 114 Å². The Morgan fingerprint density at radius 3 is 2.70 bits per heavy atom. The molecule has 2 aromatic rings. The maximum Gasteiger partial charge on any atom is 0.339 e. The summed E-state index contributed by atoms with van der Waals surface area (Å²) in [7, 11) is 0. The number of aromatic carboxylic acids is 1. The third kappa shape index (κ3) is 3.38. The van der Waals surface area contributed by atoms with Crippen molar-refractivity contribution in [3.05, 3.63) is 47.9 Å². The third-order valence-electron chi connectivity index (χ3n) is 2.69. The normalized spacial score (nSPS) is 10.2. The van der Waals surface area contributed by atoms with Crippen molar-refractivity contribution in [2.45, 2.75) is 12.8 Å². The third-order valence-corrected chi connectivity index (χ3v) is 2.69. The highest BCUT2D eigenvalue weighted by Gasteiger charge is 2.11. The van der Waals surface area contributed by atoms with Gasteiger partial charge in [0.25, 0.3) is 0 Å². The van der Waals surface area contributed by atoms with E-state index in [1.807, 2.05) is 0 Å². The fourth-order valence-corrected chi connectivity index (χ4v) is 1.70. The molecule has 1 aromatic carbocycles. The zero-order chi connectivity index (χ0) is 14.5. The number of carboxylic acid groups (broad SMARTS) is 1. The van der Waals surface area contributed by atoms with Gasteiger partial charge in [-0.15, -0.1) is 0 Å². The van der Waals surface area contributed by atoms with Gasteiger partial charge in [0.05, 0.1) is 6.26 Å². The van der Waals surface area contributed by atoms with Crippen LogP contribution in [0.25, 0.3) is 0 Å². The molecule has 0 unspecified atom stereocenters. The molecule has 0 atom stereocenters. The standard InChI is InChI=1S/C14H13NO5/c16-12-5-3-9(8-11(12)14(18)19)15-13(17)6-4-10-2-1-7-20-10/h1-3,5,7-8,16H,4,6H2,(H,15,17)(H,18,19). The topological polar surface area (TPSA) is 99.8 Å². The van der Waals surface area contributed by atoms with Gasteiger partial charge in [-0.1, -0.05) is 0 Å². The van der Waals surface area contributed by atoms with Crippen LogP contribution in [-0.2, 0) is 11.2 Å². The molecule has 1 amide bonds. The van der Waals surface area contributed by atoms with Gasteiger partial charge in [-0.2, -0.15) is 0 Å². The predicted octanol–water partition coefficient (Wildman–Crippen LogP) is 2.25. The Kier molecular flexibility index (Phi) is 4.05. The SMILES string of the molecule is O=C(CCc1ccco1)Nc1ccc(O)c(C(=O)O)c1. The number of amides is 1. The van der Waals surface area contributed by atoms with Gasteiger partial charge < -0.3 is 19.9 Å². The quantitative estimate of drug-likeness (QED) is 0.727. The fourth-order valence-electron chi connectivity index (χ4n) is 1.70. The van der Waals surface area contributed by atoms with Crippen LogP contribution in [0.3, 0.4) is 0 Å². The summed E-state index contributed by atoms with van der Waals surface area (Å²) in [6.45, 7) is 0. The average Bonchev–Trinajstić information content (AvgIpc) is 2.91. The minimum Gasteiger partial charge on any atom is -0.507 e. The Morgan fingerprint density at radius 1 is 1.25 bits per heavy atom. The van der Waals surface area contributed by atoms with Crippen LogP contribution in [0.5, 0.6) is 5.75 Å². The first-order chi connectivity index (χ1) is 9.56. The van der Waals surface area contributed by atoms with Crippen molar-refractivity contribution in [3.8, 4) is 5.75 Å². The molecule has 0 aliphatic rings. The van der Waals surface area contributed by atoms with Crippen LogP contribution in [0.4, 0.5) is 5.69 Å².